The number of aryl methyl sites for hydroxylation is 2. The van der Waals surface area contributed by atoms with Crippen molar-refractivity contribution in [2.45, 2.75) is 33.3 Å². The molecule has 0 fully saturated rings. The molecular formula is C21H22O4. The van der Waals surface area contributed by atoms with Gasteiger partial charge in [0.15, 0.2) is 0 Å². The molecule has 0 saturated heterocycles. The molecule has 0 aliphatic rings. The number of hydrogen-bond donors (Lipinski definition) is 0. The molecule has 130 valence electrons. The summed E-state index contributed by atoms with van der Waals surface area (Å²) in [6, 6.07) is 13.2. The van der Waals surface area contributed by atoms with Crippen LogP contribution in [0.5, 0.6) is 11.5 Å². The average Bonchev–Trinajstić information content (AvgIpc) is 2.62. The van der Waals surface area contributed by atoms with Gasteiger partial charge in [0, 0.05) is 22.6 Å². The molecule has 0 spiro atoms. The zero-order chi connectivity index (χ0) is 17.8. The molecule has 2 aromatic carbocycles. The summed E-state index contributed by atoms with van der Waals surface area (Å²) in [6.07, 6.45) is 1.83. The van der Waals surface area contributed by atoms with Crippen LogP contribution < -0.4 is 15.1 Å². The predicted molar refractivity (Wildman–Crippen MR) is 98.5 cm³/mol. The van der Waals surface area contributed by atoms with Crippen molar-refractivity contribution in [3.05, 3.63) is 69.6 Å². The highest BCUT2D eigenvalue weighted by atomic mass is 16.5. The topological polar surface area (TPSA) is 48.7 Å². The Morgan fingerprint density at radius 2 is 1.84 bits per heavy atom. The highest BCUT2D eigenvalue weighted by molar-refractivity contribution is 5.85. The Bertz CT molecular complexity index is 940. The van der Waals surface area contributed by atoms with E-state index in [1.165, 1.54) is 0 Å². The van der Waals surface area contributed by atoms with Crippen molar-refractivity contribution < 1.29 is 13.9 Å². The minimum Gasteiger partial charge on any atom is -0.496 e. The summed E-state index contributed by atoms with van der Waals surface area (Å²) in [5, 5.41) is 0.976. The summed E-state index contributed by atoms with van der Waals surface area (Å²) in [5.74, 6) is 1.49. The lowest BCUT2D eigenvalue weighted by Crippen LogP contribution is -2.03. The molecule has 0 aliphatic carbocycles. The van der Waals surface area contributed by atoms with Crippen LogP contribution >= 0.6 is 0 Å². The van der Waals surface area contributed by atoms with Gasteiger partial charge in [-0.05, 0) is 37.1 Å². The van der Waals surface area contributed by atoms with Crippen molar-refractivity contribution in [3.8, 4) is 11.5 Å². The molecule has 25 heavy (non-hydrogen) atoms. The minimum atomic E-state index is -0.319. The van der Waals surface area contributed by atoms with Crippen LogP contribution in [0, 0.1) is 6.92 Å². The molecule has 4 nitrogen and oxygen atoms in total. The maximum atomic E-state index is 11.9. The Labute approximate surface area is 147 Å². The van der Waals surface area contributed by atoms with Gasteiger partial charge in [-0.1, -0.05) is 31.5 Å². The van der Waals surface area contributed by atoms with E-state index in [9.17, 15) is 4.79 Å². The third-order valence-electron chi connectivity index (χ3n) is 4.29. The number of hydrogen-bond acceptors (Lipinski definition) is 4. The van der Waals surface area contributed by atoms with E-state index in [1.807, 2.05) is 43.3 Å². The van der Waals surface area contributed by atoms with Gasteiger partial charge in [0.1, 0.15) is 23.7 Å². The second-order valence-electron chi connectivity index (χ2n) is 6.01. The largest absolute Gasteiger partial charge is 0.496 e. The molecular weight excluding hydrogens is 316 g/mol. The molecule has 0 bridgehead atoms. The number of benzene rings is 2. The van der Waals surface area contributed by atoms with E-state index in [0.29, 0.717) is 17.9 Å². The quantitative estimate of drug-likeness (QED) is 0.614. The maximum Gasteiger partial charge on any atom is 0.336 e. The molecule has 0 atom stereocenters. The fraction of sp³-hybridized carbons (Fsp3) is 0.286. The molecule has 0 N–H and O–H groups in total. The Morgan fingerprint density at radius 1 is 1.04 bits per heavy atom. The lowest BCUT2D eigenvalue weighted by atomic mass is 10.0. The van der Waals surface area contributed by atoms with E-state index >= 15 is 0 Å². The highest BCUT2D eigenvalue weighted by Gasteiger charge is 2.12. The van der Waals surface area contributed by atoms with Gasteiger partial charge >= 0.3 is 5.63 Å². The number of ether oxygens (including phenoxy) is 2. The first-order chi connectivity index (χ1) is 12.1. The lowest BCUT2D eigenvalue weighted by Gasteiger charge is -2.13. The van der Waals surface area contributed by atoms with Crippen LogP contribution in [0.1, 0.15) is 30.0 Å². The lowest BCUT2D eigenvalue weighted by molar-refractivity contribution is 0.294. The normalized spacial score (nSPS) is 10.8. The van der Waals surface area contributed by atoms with Crippen LogP contribution in [-0.2, 0) is 13.0 Å². The zero-order valence-corrected chi connectivity index (χ0v) is 14.8. The molecule has 1 aromatic heterocycles. The molecule has 3 rings (SSSR count). The number of methoxy groups -OCH3 is 1. The fourth-order valence-electron chi connectivity index (χ4n) is 3.02. The Morgan fingerprint density at radius 3 is 2.60 bits per heavy atom. The third-order valence-corrected chi connectivity index (χ3v) is 4.29. The van der Waals surface area contributed by atoms with Crippen molar-refractivity contribution >= 4 is 11.0 Å². The number of rotatable bonds is 6. The molecule has 0 radical (unpaired) electrons. The first-order valence-electron chi connectivity index (χ1n) is 8.45. The summed E-state index contributed by atoms with van der Waals surface area (Å²) in [4.78, 5) is 11.9. The van der Waals surface area contributed by atoms with Gasteiger partial charge in [-0.25, -0.2) is 4.79 Å². The van der Waals surface area contributed by atoms with E-state index < -0.39 is 0 Å². The summed E-state index contributed by atoms with van der Waals surface area (Å²) < 4.78 is 16.8. The van der Waals surface area contributed by atoms with Crippen molar-refractivity contribution in [1.82, 2.24) is 0 Å². The van der Waals surface area contributed by atoms with Crippen LogP contribution in [0.2, 0.25) is 0 Å². The van der Waals surface area contributed by atoms with Crippen LogP contribution in [0.3, 0.4) is 0 Å². The SMILES string of the molecule is CCCc1cc(=O)oc2c(C)c(OCc3ccccc3OC)ccc12. The third kappa shape index (κ3) is 3.53. The highest BCUT2D eigenvalue weighted by Crippen LogP contribution is 2.30. The van der Waals surface area contributed by atoms with Gasteiger partial charge in [-0.15, -0.1) is 0 Å². The smallest absolute Gasteiger partial charge is 0.336 e. The Hall–Kier alpha value is -2.75. The Kier molecular flexibility index (Phi) is 5.08. The van der Waals surface area contributed by atoms with Crippen LogP contribution in [0.15, 0.2) is 51.7 Å². The number of fused-ring (bicyclic) bond motifs is 1. The van der Waals surface area contributed by atoms with Gasteiger partial charge < -0.3 is 13.9 Å². The Balaban J connectivity index is 1.95. The molecule has 1 heterocycles. The summed E-state index contributed by atoms with van der Waals surface area (Å²) >= 11 is 0. The second-order valence-corrected chi connectivity index (χ2v) is 6.01. The number of para-hydroxylation sites is 1. The first-order valence-corrected chi connectivity index (χ1v) is 8.45. The molecule has 4 heteroatoms. The zero-order valence-electron chi connectivity index (χ0n) is 14.8. The summed E-state index contributed by atoms with van der Waals surface area (Å²) in [7, 11) is 1.64. The van der Waals surface area contributed by atoms with Crippen LogP contribution in [0.25, 0.3) is 11.0 Å². The van der Waals surface area contributed by atoms with Crippen LogP contribution in [0.4, 0.5) is 0 Å². The van der Waals surface area contributed by atoms with Gasteiger partial charge in [0.25, 0.3) is 0 Å². The van der Waals surface area contributed by atoms with E-state index in [2.05, 4.69) is 6.92 Å². The van der Waals surface area contributed by atoms with Crippen molar-refractivity contribution in [2.75, 3.05) is 7.11 Å². The van der Waals surface area contributed by atoms with Gasteiger partial charge in [-0.3, -0.25) is 0 Å². The summed E-state index contributed by atoms with van der Waals surface area (Å²) in [6.45, 7) is 4.39. The molecule has 0 saturated carbocycles. The fourth-order valence-corrected chi connectivity index (χ4v) is 3.02. The van der Waals surface area contributed by atoms with E-state index in [4.69, 9.17) is 13.9 Å². The molecule has 0 amide bonds. The summed E-state index contributed by atoms with van der Waals surface area (Å²) in [5.41, 5.74) is 3.11. The monoisotopic (exact) mass is 338 g/mol. The van der Waals surface area contributed by atoms with Gasteiger partial charge in [0.2, 0.25) is 0 Å². The van der Waals surface area contributed by atoms with Crippen LogP contribution in [-0.4, -0.2) is 7.11 Å². The molecule has 0 unspecified atom stereocenters. The predicted octanol–water partition coefficient (Wildman–Crippen LogP) is 4.64. The van der Waals surface area contributed by atoms with Crippen molar-refractivity contribution in [3.63, 3.8) is 0 Å². The first kappa shape index (κ1) is 17.1. The van der Waals surface area contributed by atoms with Crippen molar-refractivity contribution in [2.24, 2.45) is 0 Å². The molecule has 0 aliphatic heterocycles. The van der Waals surface area contributed by atoms with Gasteiger partial charge in [-0.2, -0.15) is 0 Å². The van der Waals surface area contributed by atoms with Crippen molar-refractivity contribution in [1.29, 1.82) is 0 Å². The second kappa shape index (κ2) is 7.43. The maximum absolute atomic E-state index is 11.9. The minimum absolute atomic E-state index is 0.319. The van der Waals surface area contributed by atoms with E-state index in [1.54, 1.807) is 13.2 Å². The van der Waals surface area contributed by atoms with E-state index in [-0.39, 0.29) is 5.63 Å². The van der Waals surface area contributed by atoms with E-state index in [0.717, 1.165) is 40.7 Å². The van der Waals surface area contributed by atoms with Gasteiger partial charge in [0.05, 0.1) is 7.11 Å². The standard InChI is InChI=1S/C21H22O4/c1-4-7-15-12-20(22)25-21-14(2)18(11-10-17(15)21)24-13-16-8-5-6-9-19(16)23-3/h5-6,8-12H,4,7,13H2,1-3H3. The average molecular weight is 338 g/mol. The molecule has 3 aromatic rings.